The first-order valence-corrected chi connectivity index (χ1v) is 11.0. The van der Waals surface area contributed by atoms with Gasteiger partial charge in [0.25, 0.3) is 0 Å². The molecule has 7 unspecified atom stereocenters. The van der Waals surface area contributed by atoms with Gasteiger partial charge in [0.2, 0.25) is 0 Å². The highest BCUT2D eigenvalue weighted by Gasteiger charge is 2.62. The van der Waals surface area contributed by atoms with E-state index in [1.54, 1.807) is 0 Å². The standard InChI is InChI=1S/C22H34O.C2H2/c1-21-12-3-2-5-15(21)7-8-16-17(21)11-14-22-13-4-6-20(23)19(22)10-9-18(16)22;1-2/h15-19H,2-14H2,1H3;1-2H. The summed E-state index contributed by atoms with van der Waals surface area (Å²) < 4.78 is 0. The third-order valence-corrected chi connectivity index (χ3v) is 9.75. The third kappa shape index (κ3) is 2.39. The van der Waals surface area contributed by atoms with Gasteiger partial charge in [-0.2, -0.15) is 0 Å². The molecule has 5 saturated carbocycles. The summed E-state index contributed by atoms with van der Waals surface area (Å²) in [6.07, 6.45) is 25.9. The first-order valence-electron chi connectivity index (χ1n) is 11.0. The van der Waals surface area contributed by atoms with E-state index in [-0.39, 0.29) is 0 Å². The van der Waals surface area contributed by atoms with Gasteiger partial charge in [0, 0.05) is 12.3 Å². The van der Waals surface area contributed by atoms with Crippen LogP contribution in [0.4, 0.5) is 0 Å². The summed E-state index contributed by atoms with van der Waals surface area (Å²) in [5, 5.41) is 0. The van der Waals surface area contributed by atoms with Crippen LogP contribution in [-0.4, -0.2) is 5.78 Å². The van der Waals surface area contributed by atoms with Gasteiger partial charge in [0.1, 0.15) is 5.78 Å². The van der Waals surface area contributed by atoms with Crippen LogP contribution < -0.4 is 0 Å². The van der Waals surface area contributed by atoms with Crippen LogP contribution in [0.5, 0.6) is 0 Å². The number of rotatable bonds is 0. The van der Waals surface area contributed by atoms with E-state index in [0.717, 1.165) is 30.1 Å². The van der Waals surface area contributed by atoms with Crippen molar-refractivity contribution < 1.29 is 4.79 Å². The summed E-state index contributed by atoms with van der Waals surface area (Å²) >= 11 is 0. The van der Waals surface area contributed by atoms with Crippen molar-refractivity contribution in [3.05, 3.63) is 0 Å². The van der Waals surface area contributed by atoms with E-state index < -0.39 is 0 Å². The molecule has 0 aliphatic heterocycles. The SMILES string of the molecule is C#C.CC12CCCCC1CCC1C2CCC23CCCC(=O)C2CCC13. The Morgan fingerprint density at radius 2 is 1.68 bits per heavy atom. The van der Waals surface area contributed by atoms with Gasteiger partial charge in [-0.1, -0.05) is 19.8 Å². The normalized spacial score (nSPS) is 51.2. The summed E-state index contributed by atoms with van der Waals surface area (Å²) in [7, 11) is 0. The molecule has 0 aromatic rings. The van der Waals surface area contributed by atoms with Gasteiger partial charge < -0.3 is 0 Å². The topological polar surface area (TPSA) is 17.1 Å². The lowest BCUT2D eigenvalue weighted by Gasteiger charge is -2.61. The van der Waals surface area contributed by atoms with E-state index in [1.807, 2.05) is 0 Å². The fourth-order valence-electron chi connectivity index (χ4n) is 8.84. The third-order valence-electron chi connectivity index (χ3n) is 9.75. The van der Waals surface area contributed by atoms with E-state index in [4.69, 9.17) is 0 Å². The van der Waals surface area contributed by atoms with Crippen LogP contribution in [0.2, 0.25) is 0 Å². The summed E-state index contributed by atoms with van der Waals surface area (Å²) in [6.45, 7) is 2.67. The minimum atomic E-state index is 0.467. The molecule has 5 aliphatic rings. The predicted molar refractivity (Wildman–Crippen MR) is 103 cm³/mol. The Labute approximate surface area is 154 Å². The molecule has 0 amide bonds. The number of terminal acetylenes is 1. The Morgan fingerprint density at radius 3 is 2.52 bits per heavy atom. The van der Waals surface area contributed by atoms with Crippen molar-refractivity contribution in [2.24, 2.45) is 40.4 Å². The van der Waals surface area contributed by atoms with E-state index in [2.05, 4.69) is 19.8 Å². The first-order chi connectivity index (χ1) is 12.2. The van der Waals surface area contributed by atoms with E-state index in [9.17, 15) is 4.79 Å². The molecule has 1 nitrogen and oxygen atoms in total. The maximum absolute atomic E-state index is 12.6. The number of hydrogen-bond donors (Lipinski definition) is 0. The summed E-state index contributed by atoms with van der Waals surface area (Å²) in [5.41, 5.74) is 1.12. The highest BCUT2D eigenvalue weighted by atomic mass is 16.1. The zero-order valence-electron chi connectivity index (χ0n) is 16.1. The van der Waals surface area contributed by atoms with Gasteiger partial charge in [-0.05, 0) is 98.7 Å². The average molecular weight is 341 g/mol. The molecule has 25 heavy (non-hydrogen) atoms. The molecular formula is C24H36O. The summed E-state index contributed by atoms with van der Waals surface area (Å²) in [6, 6.07) is 0. The molecule has 5 fully saturated rings. The molecule has 5 aliphatic carbocycles. The fourth-order valence-corrected chi connectivity index (χ4v) is 8.84. The first kappa shape index (κ1) is 17.6. The number of Topliss-reactive ketones (excluding diaryl/α,β-unsaturated/α-hetero) is 1. The Kier molecular flexibility index (Phi) is 4.54. The van der Waals surface area contributed by atoms with Gasteiger partial charge in [0.05, 0.1) is 0 Å². The Balaban J connectivity index is 0.000000758. The zero-order chi connectivity index (χ0) is 17.7. The van der Waals surface area contributed by atoms with Crippen molar-refractivity contribution in [2.45, 2.75) is 90.4 Å². The lowest BCUT2D eigenvalue weighted by atomic mass is 9.43. The average Bonchev–Trinajstić information content (AvgIpc) is 3.04. The van der Waals surface area contributed by atoms with Crippen molar-refractivity contribution >= 4 is 5.78 Å². The van der Waals surface area contributed by atoms with Crippen molar-refractivity contribution in [1.29, 1.82) is 0 Å². The van der Waals surface area contributed by atoms with Crippen LogP contribution in [0.25, 0.3) is 0 Å². The number of carbonyl (C=O) groups excluding carboxylic acids is 1. The molecule has 0 aromatic carbocycles. The van der Waals surface area contributed by atoms with Crippen LogP contribution in [0, 0.1) is 53.3 Å². The van der Waals surface area contributed by atoms with Gasteiger partial charge in [0.15, 0.2) is 0 Å². The Morgan fingerprint density at radius 1 is 0.840 bits per heavy atom. The minimum absolute atomic E-state index is 0.467. The van der Waals surface area contributed by atoms with Crippen molar-refractivity contribution in [1.82, 2.24) is 0 Å². The van der Waals surface area contributed by atoms with Crippen LogP contribution in [-0.2, 0) is 4.79 Å². The molecule has 5 rings (SSSR count). The lowest BCUT2D eigenvalue weighted by Crippen LogP contribution is -2.54. The van der Waals surface area contributed by atoms with Gasteiger partial charge in [-0.25, -0.2) is 0 Å². The van der Waals surface area contributed by atoms with E-state index in [1.165, 1.54) is 77.0 Å². The highest BCUT2D eigenvalue weighted by Crippen LogP contribution is 2.69. The molecule has 1 heteroatoms. The minimum Gasteiger partial charge on any atom is -0.299 e. The second-order valence-electron chi connectivity index (χ2n) is 10.1. The van der Waals surface area contributed by atoms with E-state index >= 15 is 0 Å². The van der Waals surface area contributed by atoms with Crippen LogP contribution in [0.1, 0.15) is 90.4 Å². The molecule has 0 radical (unpaired) electrons. The van der Waals surface area contributed by atoms with E-state index in [0.29, 0.717) is 22.5 Å². The van der Waals surface area contributed by atoms with Crippen molar-refractivity contribution in [3.63, 3.8) is 0 Å². The molecule has 0 heterocycles. The number of ketones is 1. The summed E-state index contributed by atoms with van der Waals surface area (Å²) in [4.78, 5) is 12.6. The fraction of sp³-hybridized carbons (Fsp3) is 0.875. The number of carbonyl (C=O) groups is 1. The zero-order valence-corrected chi connectivity index (χ0v) is 16.1. The number of fused-ring (bicyclic) bond motifs is 4. The van der Waals surface area contributed by atoms with Crippen molar-refractivity contribution in [3.8, 4) is 12.8 Å². The van der Waals surface area contributed by atoms with Gasteiger partial charge in [-0.15, -0.1) is 12.8 Å². The maximum Gasteiger partial charge on any atom is 0.136 e. The van der Waals surface area contributed by atoms with Crippen LogP contribution >= 0.6 is 0 Å². The quantitative estimate of drug-likeness (QED) is 0.493. The molecule has 0 saturated heterocycles. The molecule has 1 spiro atoms. The van der Waals surface area contributed by atoms with Gasteiger partial charge in [-0.3, -0.25) is 4.79 Å². The highest BCUT2D eigenvalue weighted by molar-refractivity contribution is 5.83. The Bertz CT molecular complexity index is 548. The molecule has 0 aromatic heterocycles. The second kappa shape index (κ2) is 6.44. The molecule has 7 atom stereocenters. The van der Waals surface area contributed by atoms with Crippen molar-refractivity contribution in [2.75, 3.05) is 0 Å². The lowest BCUT2D eigenvalue weighted by molar-refractivity contribution is -0.144. The van der Waals surface area contributed by atoms with Gasteiger partial charge >= 0.3 is 0 Å². The van der Waals surface area contributed by atoms with Crippen LogP contribution in [0.15, 0.2) is 0 Å². The Hall–Kier alpha value is -0.770. The smallest absolute Gasteiger partial charge is 0.136 e. The largest absolute Gasteiger partial charge is 0.299 e. The molecule has 138 valence electrons. The predicted octanol–water partition coefficient (Wildman–Crippen LogP) is 6.02. The number of hydrogen-bond acceptors (Lipinski definition) is 1. The second-order valence-corrected chi connectivity index (χ2v) is 10.1. The molecule has 0 bridgehead atoms. The summed E-state index contributed by atoms with van der Waals surface area (Å²) in [5.74, 6) is 5.02. The maximum atomic E-state index is 12.6. The van der Waals surface area contributed by atoms with Crippen LogP contribution in [0.3, 0.4) is 0 Å². The molecule has 0 N–H and O–H groups in total. The molecular weight excluding hydrogens is 304 g/mol. The monoisotopic (exact) mass is 340 g/mol.